The second-order valence-electron chi connectivity index (χ2n) is 7.46. The number of nitrogens with zero attached hydrogens (tertiary/aromatic N) is 1. The van der Waals surface area contributed by atoms with Crippen LogP contribution >= 0.6 is 0 Å². The Bertz CT molecular complexity index is 916. The molecule has 1 unspecified atom stereocenters. The largest absolute Gasteiger partial charge is 0.507 e. The Morgan fingerprint density at radius 1 is 1.04 bits per heavy atom. The highest BCUT2D eigenvalue weighted by molar-refractivity contribution is 6.46. The quantitative estimate of drug-likeness (QED) is 0.501. The first kappa shape index (κ1) is 17.6. The molecule has 2 fully saturated rings. The van der Waals surface area contributed by atoms with Crippen LogP contribution in [0, 0.1) is 13.8 Å². The van der Waals surface area contributed by atoms with Gasteiger partial charge in [-0.05, 0) is 38.8 Å². The minimum Gasteiger partial charge on any atom is -0.507 e. The highest BCUT2D eigenvalue weighted by Gasteiger charge is 2.50. The number of hydrogen-bond donors (Lipinski definition) is 1. The van der Waals surface area contributed by atoms with Crippen LogP contribution in [0.5, 0.6) is 0 Å². The Morgan fingerprint density at radius 2 is 1.70 bits per heavy atom. The Balaban J connectivity index is 1.87. The topological polar surface area (TPSA) is 70.8 Å². The molecule has 1 amide bonds. The molecule has 2 aliphatic rings. The van der Waals surface area contributed by atoms with Crippen molar-refractivity contribution in [1.82, 2.24) is 4.90 Å². The van der Waals surface area contributed by atoms with Gasteiger partial charge in [-0.3, -0.25) is 9.59 Å². The summed E-state index contributed by atoms with van der Waals surface area (Å²) < 4.78 is 5.80. The third kappa shape index (κ3) is 2.97. The van der Waals surface area contributed by atoms with Gasteiger partial charge in [0.05, 0.1) is 5.57 Å². The van der Waals surface area contributed by atoms with Gasteiger partial charge in [-0.2, -0.15) is 0 Å². The number of benzene rings is 1. The molecule has 1 atom stereocenters. The smallest absolute Gasteiger partial charge is 0.296 e. The highest BCUT2D eigenvalue weighted by Crippen LogP contribution is 2.43. The molecule has 2 heterocycles. The van der Waals surface area contributed by atoms with Crippen LogP contribution < -0.4 is 0 Å². The Labute approximate surface area is 158 Å². The van der Waals surface area contributed by atoms with Crippen LogP contribution in [-0.4, -0.2) is 27.7 Å². The van der Waals surface area contributed by atoms with E-state index in [2.05, 4.69) is 0 Å². The molecule has 4 rings (SSSR count). The lowest BCUT2D eigenvalue weighted by Gasteiger charge is -2.29. The number of Topliss-reactive ketones (excluding diaryl/α,β-unsaturated/α-hetero) is 1. The summed E-state index contributed by atoms with van der Waals surface area (Å²) in [4.78, 5) is 27.4. The van der Waals surface area contributed by atoms with Crippen molar-refractivity contribution in [3.8, 4) is 0 Å². The van der Waals surface area contributed by atoms with Crippen LogP contribution in [0.25, 0.3) is 5.76 Å². The number of likely N-dealkylation sites (tertiary alicyclic amines) is 1. The van der Waals surface area contributed by atoms with Crippen molar-refractivity contribution in [3.05, 3.63) is 64.6 Å². The average Bonchev–Trinajstić information content (AvgIpc) is 3.37. The molecule has 0 bridgehead atoms. The van der Waals surface area contributed by atoms with Gasteiger partial charge < -0.3 is 14.4 Å². The molecule has 5 nitrogen and oxygen atoms in total. The Hall–Kier alpha value is -2.82. The second kappa shape index (κ2) is 6.72. The zero-order valence-corrected chi connectivity index (χ0v) is 15.6. The maximum Gasteiger partial charge on any atom is 0.296 e. The first-order chi connectivity index (χ1) is 13.0. The summed E-state index contributed by atoms with van der Waals surface area (Å²) in [5.74, 6) is -0.105. The molecule has 2 aromatic rings. The zero-order chi connectivity index (χ0) is 19.1. The first-order valence-electron chi connectivity index (χ1n) is 9.41. The molecule has 1 saturated carbocycles. The molecule has 0 radical (unpaired) electrons. The molecule has 1 aromatic carbocycles. The van der Waals surface area contributed by atoms with Crippen molar-refractivity contribution in [2.75, 3.05) is 0 Å². The van der Waals surface area contributed by atoms with E-state index in [4.69, 9.17) is 4.42 Å². The van der Waals surface area contributed by atoms with E-state index in [1.54, 1.807) is 23.1 Å². The Morgan fingerprint density at radius 3 is 2.30 bits per heavy atom. The summed E-state index contributed by atoms with van der Waals surface area (Å²) in [5.41, 5.74) is 1.69. The van der Waals surface area contributed by atoms with Crippen molar-refractivity contribution in [3.63, 3.8) is 0 Å². The maximum atomic E-state index is 12.9. The molecular weight excluding hydrogens is 342 g/mol. The number of hydrogen-bond acceptors (Lipinski definition) is 4. The van der Waals surface area contributed by atoms with Crippen molar-refractivity contribution in [2.24, 2.45) is 0 Å². The van der Waals surface area contributed by atoms with Crippen molar-refractivity contribution in [2.45, 2.75) is 51.6 Å². The molecule has 1 saturated heterocycles. The van der Waals surface area contributed by atoms with Gasteiger partial charge in [0.2, 0.25) is 0 Å². The zero-order valence-electron chi connectivity index (χ0n) is 15.6. The van der Waals surface area contributed by atoms with E-state index in [0.717, 1.165) is 31.2 Å². The third-order valence-corrected chi connectivity index (χ3v) is 5.55. The fourth-order valence-corrected chi connectivity index (χ4v) is 4.16. The summed E-state index contributed by atoms with van der Waals surface area (Å²) in [5, 5.41) is 10.9. The fourth-order valence-electron chi connectivity index (χ4n) is 4.16. The predicted molar refractivity (Wildman–Crippen MR) is 101 cm³/mol. The summed E-state index contributed by atoms with van der Waals surface area (Å²) in [7, 11) is 0. The monoisotopic (exact) mass is 365 g/mol. The summed E-state index contributed by atoms with van der Waals surface area (Å²) >= 11 is 0. The number of carbonyl (C=O) groups excluding carboxylic acids is 2. The molecule has 27 heavy (non-hydrogen) atoms. The van der Waals surface area contributed by atoms with E-state index in [-0.39, 0.29) is 17.4 Å². The first-order valence-corrected chi connectivity index (χ1v) is 9.41. The molecule has 5 heteroatoms. The third-order valence-electron chi connectivity index (χ3n) is 5.55. The van der Waals surface area contributed by atoms with Crippen molar-refractivity contribution >= 4 is 17.4 Å². The average molecular weight is 365 g/mol. The maximum absolute atomic E-state index is 12.9. The lowest BCUT2D eigenvalue weighted by molar-refractivity contribution is -0.141. The van der Waals surface area contributed by atoms with E-state index in [1.807, 2.05) is 32.0 Å². The molecule has 1 N–H and O–H groups in total. The van der Waals surface area contributed by atoms with Crippen LogP contribution in [-0.2, 0) is 9.59 Å². The van der Waals surface area contributed by atoms with E-state index in [1.165, 1.54) is 0 Å². The van der Waals surface area contributed by atoms with Gasteiger partial charge in [0.25, 0.3) is 11.7 Å². The van der Waals surface area contributed by atoms with Gasteiger partial charge in [0, 0.05) is 11.6 Å². The van der Waals surface area contributed by atoms with E-state index >= 15 is 0 Å². The molecule has 1 aliphatic carbocycles. The highest BCUT2D eigenvalue weighted by atomic mass is 16.3. The summed E-state index contributed by atoms with van der Waals surface area (Å²) in [6.45, 7) is 3.78. The number of aliphatic hydroxyl groups excluding tert-OH is 1. The van der Waals surface area contributed by atoms with E-state index in [0.29, 0.717) is 17.1 Å². The molecule has 1 aromatic heterocycles. The number of aryl methyl sites for hydroxylation is 2. The minimum atomic E-state index is -0.678. The minimum absolute atomic E-state index is 0.000161. The van der Waals surface area contributed by atoms with Gasteiger partial charge >= 0.3 is 0 Å². The molecule has 140 valence electrons. The van der Waals surface area contributed by atoms with E-state index < -0.39 is 17.7 Å². The predicted octanol–water partition coefficient (Wildman–Crippen LogP) is 4.26. The summed E-state index contributed by atoms with van der Waals surface area (Å²) in [6.07, 6.45) is 3.81. The number of ketones is 1. The number of amides is 1. The van der Waals surface area contributed by atoms with Crippen LogP contribution in [0.2, 0.25) is 0 Å². The lowest BCUT2D eigenvalue weighted by atomic mass is 9.98. The Kier molecular flexibility index (Phi) is 4.38. The second-order valence-corrected chi connectivity index (χ2v) is 7.46. The number of furan rings is 1. The standard InChI is InChI=1S/C22H23NO4/c1-13-7-10-15(11-8-13)20(24)18-19(17-12-9-14(2)27-17)23(22(26)21(18)25)16-5-3-4-6-16/h7-12,16,19,24H,3-6H2,1-2H3/b20-18-. The van der Waals surface area contributed by atoms with Gasteiger partial charge in [-0.25, -0.2) is 0 Å². The fraction of sp³-hybridized carbons (Fsp3) is 0.364. The van der Waals surface area contributed by atoms with Crippen LogP contribution in [0.1, 0.15) is 54.4 Å². The van der Waals surface area contributed by atoms with Gasteiger partial charge in [-0.1, -0.05) is 42.7 Å². The van der Waals surface area contributed by atoms with Gasteiger partial charge in [-0.15, -0.1) is 0 Å². The van der Waals surface area contributed by atoms with Crippen LogP contribution in [0.4, 0.5) is 0 Å². The molecule has 1 aliphatic heterocycles. The molecular formula is C22H23NO4. The summed E-state index contributed by atoms with van der Waals surface area (Å²) in [6, 6.07) is 10.2. The van der Waals surface area contributed by atoms with Crippen LogP contribution in [0.3, 0.4) is 0 Å². The number of rotatable bonds is 3. The van der Waals surface area contributed by atoms with Gasteiger partial charge in [0.15, 0.2) is 0 Å². The lowest BCUT2D eigenvalue weighted by Crippen LogP contribution is -2.37. The van der Waals surface area contributed by atoms with E-state index in [9.17, 15) is 14.7 Å². The van der Waals surface area contributed by atoms with Crippen molar-refractivity contribution in [1.29, 1.82) is 0 Å². The SMILES string of the molecule is Cc1ccc(/C(O)=C2/C(=O)C(=O)N(C3CCCC3)C2c2ccc(C)o2)cc1. The van der Waals surface area contributed by atoms with Crippen LogP contribution in [0.15, 0.2) is 46.4 Å². The number of aliphatic hydroxyl groups is 1. The number of carbonyl (C=O) groups is 2. The normalized spacial score (nSPS) is 22.7. The van der Waals surface area contributed by atoms with Gasteiger partial charge in [0.1, 0.15) is 23.3 Å². The molecule has 0 spiro atoms. The van der Waals surface area contributed by atoms with Crippen molar-refractivity contribution < 1.29 is 19.1 Å².